The average Bonchev–Trinajstić information content (AvgIpc) is 2.88. The number of carboxylic acids is 1. The van der Waals surface area contributed by atoms with E-state index >= 15 is 0 Å². The van der Waals surface area contributed by atoms with E-state index in [4.69, 9.17) is 11.6 Å². The van der Waals surface area contributed by atoms with Gasteiger partial charge in [0, 0.05) is 10.6 Å². The fourth-order valence-electron chi connectivity index (χ4n) is 4.24. The molecule has 0 aliphatic rings. The van der Waals surface area contributed by atoms with Crippen molar-refractivity contribution in [3.05, 3.63) is 126 Å². The number of hydrogen-bond donors (Lipinski definition) is 1. The van der Waals surface area contributed by atoms with E-state index in [0.29, 0.717) is 5.02 Å². The van der Waals surface area contributed by atoms with Crippen LogP contribution >= 0.6 is 18.9 Å². The lowest BCUT2D eigenvalue weighted by atomic mass is 10.1. The lowest BCUT2D eigenvalue weighted by Crippen LogP contribution is -2.48. The normalized spacial score (nSPS) is 12.0. The summed E-state index contributed by atoms with van der Waals surface area (Å²) in [6.45, 7) is 0. The van der Waals surface area contributed by atoms with Gasteiger partial charge in [-0.25, -0.2) is 4.79 Å². The summed E-state index contributed by atoms with van der Waals surface area (Å²) in [5.74, 6) is -3.32. The predicted molar refractivity (Wildman–Crippen MR) is 137 cm³/mol. The van der Waals surface area contributed by atoms with Gasteiger partial charge in [0.2, 0.25) is 11.4 Å². The van der Waals surface area contributed by atoms with Crippen LogP contribution in [0.1, 0.15) is 10.4 Å². The van der Waals surface area contributed by atoms with Crippen LogP contribution in [0, 0.1) is 0 Å². The minimum Gasteiger partial charge on any atom is -0.475 e. The summed E-state index contributed by atoms with van der Waals surface area (Å²) in [6, 6.07) is 34.0. The molecule has 0 amide bonds. The molecule has 0 unspecified atom stereocenters. The van der Waals surface area contributed by atoms with Gasteiger partial charge in [-0.2, -0.15) is 0 Å². The quantitative estimate of drug-likeness (QED) is 0.171. The molecule has 1 N–H and O–H groups in total. The first kappa shape index (κ1) is 23.6. The first-order chi connectivity index (χ1) is 16.5. The Labute approximate surface area is 203 Å². The van der Waals surface area contributed by atoms with Crippen LogP contribution in [0.4, 0.5) is 0 Å². The highest BCUT2D eigenvalue weighted by Gasteiger charge is 2.60. The molecule has 168 valence electrons. The zero-order valence-electron chi connectivity index (χ0n) is 18.0. The van der Waals surface area contributed by atoms with Crippen molar-refractivity contribution in [1.29, 1.82) is 0 Å². The fourth-order valence-corrected chi connectivity index (χ4v) is 9.05. The number of carbonyl (C=O) groups excluding carboxylic acids is 2. The molecule has 4 nitrogen and oxygen atoms in total. The molecule has 0 spiro atoms. The van der Waals surface area contributed by atoms with E-state index in [1.54, 1.807) is 12.1 Å². The molecule has 0 saturated carbocycles. The van der Waals surface area contributed by atoms with Crippen molar-refractivity contribution in [2.24, 2.45) is 0 Å². The van der Waals surface area contributed by atoms with Gasteiger partial charge in [-0.1, -0.05) is 66.2 Å². The highest BCUT2D eigenvalue weighted by Crippen LogP contribution is 2.60. The van der Waals surface area contributed by atoms with E-state index in [1.807, 2.05) is 91.0 Å². The van der Waals surface area contributed by atoms with Gasteiger partial charge in [0.1, 0.15) is 23.2 Å². The van der Waals surface area contributed by atoms with Crippen molar-refractivity contribution in [1.82, 2.24) is 0 Å². The molecule has 4 aromatic rings. The van der Waals surface area contributed by atoms with E-state index in [-0.39, 0.29) is 5.56 Å². The summed E-state index contributed by atoms with van der Waals surface area (Å²) in [4.78, 5) is 39.7. The van der Waals surface area contributed by atoms with Crippen LogP contribution in [0.3, 0.4) is 0 Å². The second-order valence-electron chi connectivity index (χ2n) is 7.67. The fraction of sp³-hybridized carbons (Fsp3) is 0.0357. The number of hydrogen-bond acceptors (Lipinski definition) is 3. The van der Waals surface area contributed by atoms with Crippen LogP contribution in [-0.4, -0.2) is 28.3 Å². The summed E-state index contributed by atoms with van der Waals surface area (Å²) in [5, 5.41) is 12.6. The first-order valence-electron chi connectivity index (χ1n) is 10.6. The van der Waals surface area contributed by atoms with E-state index in [2.05, 4.69) is 0 Å². The standard InChI is InChI=1S/C28H20ClO4P/c29-21-18-16-20(17-19-21)25(30)27(26(31)28(32)33)34(22-10-4-1-5-11-22,23-12-6-2-7-13-23)24-14-8-3-9-15-24/h1-19,27H/p+1/t27-/m1/s1. The SMILES string of the molecule is O=C(O)C(=O)[C@@H](C(=O)c1ccc(Cl)cc1)[P+](c1ccccc1)(c1ccccc1)c1ccccc1. The molecular formula is C28H21ClO4P+. The van der Waals surface area contributed by atoms with E-state index < -0.39 is 30.5 Å². The van der Waals surface area contributed by atoms with Gasteiger partial charge in [-0.15, -0.1) is 0 Å². The van der Waals surface area contributed by atoms with Crippen molar-refractivity contribution in [2.75, 3.05) is 0 Å². The average molecular weight is 488 g/mol. The van der Waals surface area contributed by atoms with Crippen molar-refractivity contribution in [2.45, 2.75) is 5.66 Å². The predicted octanol–water partition coefficient (Wildman–Crippen LogP) is 4.54. The molecule has 0 aliphatic carbocycles. The molecule has 0 saturated heterocycles. The molecular weight excluding hydrogens is 467 g/mol. The van der Waals surface area contributed by atoms with Gasteiger partial charge in [-0.3, -0.25) is 9.59 Å². The largest absolute Gasteiger partial charge is 0.475 e. The molecule has 0 bridgehead atoms. The number of aliphatic carboxylic acids is 1. The molecule has 6 heteroatoms. The van der Waals surface area contributed by atoms with Gasteiger partial charge in [0.05, 0.1) is 0 Å². The molecule has 4 aromatic carbocycles. The molecule has 0 aromatic heterocycles. The molecule has 0 heterocycles. The molecule has 1 atom stereocenters. The smallest absolute Gasteiger partial charge is 0.377 e. The highest BCUT2D eigenvalue weighted by molar-refractivity contribution is 7.97. The minimum absolute atomic E-state index is 0.233. The van der Waals surface area contributed by atoms with E-state index in [9.17, 15) is 19.5 Å². The third-order valence-corrected chi connectivity index (χ3v) is 10.5. The molecule has 0 fully saturated rings. The van der Waals surface area contributed by atoms with Crippen LogP contribution in [-0.2, 0) is 9.59 Å². The molecule has 0 aliphatic heterocycles. The van der Waals surface area contributed by atoms with Crippen molar-refractivity contribution in [3.8, 4) is 0 Å². The Morgan fingerprint density at radius 3 is 1.35 bits per heavy atom. The Kier molecular flexibility index (Phi) is 7.02. The summed E-state index contributed by atoms with van der Waals surface area (Å²) >= 11 is 6.02. The lowest BCUT2D eigenvalue weighted by Gasteiger charge is -2.32. The Morgan fingerprint density at radius 2 is 1.00 bits per heavy atom. The molecule has 34 heavy (non-hydrogen) atoms. The van der Waals surface area contributed by atoms with Gasteiger partial charge in [0.15, 0.2) is 0 Å². The van der Waals surface area contributed by atoms with E-state index in [0.717, 1.165) is 15.9 Å². The van der Waals surface area contributed by atoms with Gasteiger partial charge in [0.25, 0.3) is 5.78 Å². The maximum atomic E-state index is 14.1. The Morgan fingerprint density at radius 1 is 0.618 bits per heavy atom. The first-order valence-corrected chi connectivity index (χ1v) is 12.8. The number of ketones is 2. The van der Waals surface area contributed by atoms with Gasteiger partial charge < -0.3 is 5.11 Å². The maximum Gasteiger partial charge on any atom is 0.377 e. The van der Waals surface area contributed by atoms with E-state index in [1.165, 1.54) is 12.1 Å². The highest BCUT2D eigenvalue weighted by atomic mass is 35.5. The molecule has 4 rings (SSSR count). The summed E-state index contributed by atoms with van der Waals surface area (Å²) in [6.07, 6.45) is 0. The number of halogens is 1. The van der Waals surface area contributed by atoms with Gasteiger partial charge >= 0.3 is 5.97 Å². The zero-order valence-corrected chi connectivity index (χ0v) is 19.7. The minimum atomic E-state index is -3.12. The lowest BCUT2D eigenvalue weighted by molar-refractivity contribution is -0.148. The third-order valence-electron chi connectivity index (χ3n) is 5.71. The number of Topliss-reactive ketones (excluding diaryl/α,β-unsaturated/α-hetero) is 2. The number of carboxylic acid groups (broad SMARTS) is 1. The second kappa shape index (κ2) is 10.1. The summed E-state index contributed by atoms with van der Waals surface area (Å²) in [5.41, 5.74) is -1.23. The van der Waals surface area contributed by atoms with Crippen LogP contribution in [0.15, 0.2) is 115 Å². The topological polar surface area (TPSA) is 71.4 Å². The Hall–Kier alpha value is -3.59. The molecule has 0 radical (unpaired) electrons. The van der Waals surface area contributed by atoms with Crippen LogP contribution in [0.25, 0.3) is 0 Å². The van der Waals surface area contributed by atoms with Crippen LogP contribution in [0.2, 0.25) is 5.02 Å². The van der Waals surface area contributed by atoms with Crippen LogP contribution < -0.4 is 15.9 Å². The summed E-state index contributed by atoms with van der Waals surface area (Å²) in [7, 11) is -3.12. The number of carbonyl (C=O) groups is 3. The Balaban J connectivity index is 2.13. The van der Waals surface area contributed by atoms with Crippen molar-refractivity contribution < 1.29 is 19.5 Å². The number of rotatable bonds is 8. The van der Waals surface area contributed by atoms with Gasteiger partial charge in [-0.05, 0) is 60.7 Å². The number of benzene rings is 4. The van der Waals surface area contributed by atoms with Crippen molar-refractivity contribution in [3.63, 3.8) is 0 Å². The monoisotopic (exact) mass is 487 g/mol. The Bertz CT molecular complexity index is 1210. The second-order valence-corrected chi connectivity index (χ2v) is 11.6. The maximum absolute atomic E-state index is 14.1. The summed E-state index contributed by atoms with van der Waals surface area (Å²) < 4.78 is 0. The van der Waals surface area contributed by atoms with Crippen LogP contribution in [0.5, 0.6) is 0 Å². The van der Waals surface area contributed by atoms with Crippen molar-refractivity contribution >= 4 is 52.3 Å². The zero-order chi connectivity index (χ0) is 24.1. The third kappa shape index (κ3) is 4.31.